The Balaban J connectivity index is 2.58. The van der Waals surface area contributed by atoms with Crippen LogP contribution in [-0.4, -0.2) is 18.1 Å². The number of methoxy groups -OCH3 is 1. The van der Waals surface area contributed by atoms with Gasteiger partial charge in [-0.25, -0.2) is 4.79 Å². The lowest BCUT2D eigenvalue weighted by Crippen LogP contribution is -2.15. The fourth-order valence-corrected chi connectivity index (χ4v) is 2.29. The van der Waals surface area contributed by atoms with E-state index in [1.807, 2.05) is 0 Å². The van der Waals surface area contributed by atoms with Gasteiger partial charge in [0.15, 0.2) is 0 Å². The summed E-state index contributed by atoms with van der Waals surface area (Å²) in [5.74, 6) is -0.631. The van der Waals surface area contributed by atoms with Gasteiger partial charge in [-0.15, -0.1) is 0 Å². The van der Waals surface area contributed by atoms with Crippen LogP contribution in [0.25, 0.3) is 11.1 Å². The molecule has 0 atom stereocenters. The van der Waals surface area contributed by atoms with Crippen LogP contribution in [0.3, 0.4) is 0 Å². The van der Waals surface area contributed by atoms with Crippen molar-refractivity contribution in [3.05, 3.63) is 55.4 Å². The van der Waals surface area contributed by atoms with E-state index in [9.17, 15) is 9.59 Å². The van der Waals surface area contributed by atoms with Crippen molar-refractivity contribution in [1.82, 2.24) is 4.98 Å². The molecule has 1 aromatic heterocycles. The average Bonchev–Trinajstić information content (AvgIpc) is 2.45. The molecule has 7 heteroatoms. The lowest BCUT2D eigenvalue weighted by atomic mass is 10.1. The lowest BCUT2D eigenvalue weighted by molar-refractivity contribution is 0.0594. The smallest absolute Gasteiger partial charge is 0.354 e. The number of rotatable bonds is 2. The van der Waals surface area contributed by atoms with Crippen LogP contribution in [0.1, 0.15) is 10.5 Å². The monoisotopic (exact) mass is 331 g/mol. The van der Waals surface area contributed by atoms with Gasteiger partial charge in [-0.1, -0.05) is 40.9 Å². The van der Waals surface area contributed by atoms with E-state index < -0.39 is 11.5 Å². The molecule has 0 aliphatic carbocycles. The van der Waals surface area contributed by atoms with E-state index in [1.165, 1.54) is 19.2 Å². The third-order valence-electron chi connectivity index (χ3n) is 2.64. The first-order valence-corrected chi connectivity index (χ1v) is 6.54. The molecule has 20 heavy (non-hydrogen) atoms. The number of benzene rings is 1. The third kappa shape index (κ3) is 2.68. The van der Waals surface area contributed by atoms with E-state index in [0.29, 0.717) is 10.6 Å². The van der Waals surface area contributed by atoms with E-state index in [-0.39, 0.29) is 21.3 Å². The fourth-order valence-electron chi connectivity index (χ4n) is 1.65. The van der Waals surface area contributed by atoms with Crippen LogP contribution in [0.2, 0.25) is 15.1 Å². The van der Waals surface area contributed by atoms with Crippen molar-refractivity contribution in [2.75, 3.05) is 7.11 Å². The number of H-pyrrole nitrogens is 1. The molecule has 0 radical (unpaired) electrons. The molecular weight excluding hydrogens is 325 g/mol. The zero-order valence-electron chi connectivity index (χ0n) is 10.2. The number of aromatic nitrogens is 1. The summed E-state index contributed by atoms with van der Waals surface area (Å²) in [7, 11) is 1.23. The molecule has 1 N–H and O–H groups in total. The minimum atomic E-state index is -0.631. The van der Waals surface area contributed by atoms with E-state index >= 15 is 0 Å². The Hall–Kier alpha value is -1.49. The van der Waals surface area contributed by atoms with Crippen molar-refractivity contribution in [3.8, 4) is 11.1 Å². The van der Waals surface area contributed by atoms with E-state index in [1.54, 1.807) is 12.1 Å². The van der Waals surface area contributed by atoms with Crippen molar-refractivity contribution >= 4 is 40.8 Å². The quantitative estimate of drug-likeness (QED) is 0.672. The van der Waals surface area contributed by atoms with Crippen molar-refractivity contribution in [2.45, 2.75) is 0 Å². The van der Waals surface area contributed by atoms with E-state index in [0.717, 1.165) is 0 Å². The van der Waals surface area contributed by atoms with Gasteiger partial charge in [-0.2, -0.15) is 0 Å². The van der Waals surface area contributed by atoms with Gasteiger partial charge in [0.1, 0.15) is 5.69 Å². The predicted molar refractivity (Wildman–Crippen MR) is 78.9 cm³/mol. The summed E-state index contributed by atoms with van der Waals surface area (Å²) >= 11 is 17.8. The molecule has 0 spiro atoms. The predicted octanol–water partition coefficient (Wildman–Crippen LogP) is 3.79. The maximum absolute atomic E-state index is 12.0. The maximum Gasteiger partial charge on any atom is 0.354 e. The van der Waals surface area contributed by atoms with Gasteiger partial charge in [0.2, 0.25) is 0 Å². The third-order valence-corrected chi connectivity index (χ3v) is 3.93. The van der Waals surface area contributed by atoms with Gasteiger partial charge in [-0.05, 0) is 18.2 Å². The number of aromatic amines is 1. The van der Waals surface area contributed by atoms with E-state index in [4.69, 9.17) is 34.8 Å². The molecule has 0 aliphatic heterocycles. The molecule has 0 fully saturated rings. The first-order valence-electron chi connectivity index (χ1n) is 5.41. The first kappa shape index (κ1) is 14.9. The Morgan fingerprint density at radius 3 is 2.30 bits per heavy atom. The van der Waals surface area contributed by atoms with Crippen LogP contribution in [0.5, 0.6) is 0 Å². The van der Waals surface area contributed by atoms with Crippen LogP contribution in [0.4, 0.5) is 0 Å². The number of hydrogen-bond acceptors (Lipinski definition) is 3. The Morgan fingerprint density at radius 2 is 1.70 bits per heavy atom. The second kappa shape index (κ2) is 5.87. The molecule has 0 bridgehead atoms. The second-order valence-corrected chi connectivity index (χ2v) is 4.99. The maximum atomic E-state index is 12.0. The largest absolute Gasteiger partial charge is 0.464 e. The summed E-state index contributed by atoms with van der Waals surface area (Å²) in [5, 5.41) is 0.640. The van der Waals surface area contributed by atoms with Crippen LogP contribution < -0.4 is 5.56 Å². The molecule has 0 saturated heterocycles. The Labute approximate surface area is 129 Å². The molecule has 0 saturated carbocycles. The minimum absolute atomic E-state index is 0.0532. The van der Waals surface area contributed by atoms with Gasteiger partial charge in [0, 0.05) is 11.1 Å². The normalized spacial score (nSPS) is 10.4. The molecule has 1 aromatic carbocycles. The standard InChI is InChI=1S/C13H8Cl3NO3/c1-20-13(19)9-5-3-7(12(18)17-9)6-2-4-8(14)11(16)10(6)15/h2-5H,1H3,(H,17,18). The Kier molecular flexibility index (Phi) is 4.38. The summed E-state index contributed by atoms with van der Waals surface area (Å²) in [6.07, 6.45) is 0. The fraction of sp³-hybridized carbons (Fsp3) is 0.0769. The summed E-state index contributed by atoms with van der Waals surface area (Å²) < 4.78 is 4.52. The van der Waals surface area contributed by atoms with Crippen molar-refractivity contribution in [3.63, 3.8) is 0 Å². The first-order chi connectivity index (χ1) is 9.45. The summed E-state index contributed by atoms with van der Waals surface area (Å²) in [6.45, 7) is 0. The molecule has 104 valence electrons. The molecule has 0 aliphatic rings. The molecular formula is C13H8Cl3NO3. The second-order valence-electron chi connectivity index (χ2n) is 3.83. The number of carbonyl (C=O) groups excluding carboxylic acids is 1. The molecule has 0 amide bonds. The van der Waals surface area contributed by atoms with Crippen molar-refractivity contribution in [2.24, 2.45) is 0 Å². The zero-order valence-corrected chi connectivity index (χ0v) is 12.4. The molecule has 0 unspecified atom stereocenters. The molecule has 2 rings (SSSR count). The highest BCUT2D eigenvalue weighted by atomic mass is 35.5. The Morgan fingerprint density at radius 1 is 1.05 bits per heavy atom. The highest BCUT2D eigenvalue weighted by Gasteiger charge is 2.15. The molecule has 2 aromatic rings. The van der Waals surface area contributed by atoms with Gasteiger partial charge in [0.25, 0.3) is 5.56 Å². The number of ether oxygens (including phenoxy) is 1. The van der Waals surface area contributed by atoms with Crippen LogP contribution in [0, 0.1) is 0 Å². The number of halogens is 3. The topological polar surface area (TPSA) is 59.2 Å². The highest BCUT2D eigenvalue weighted by Crippen LogP contribution is 2.36. The van der Waals surface area contributed by atoms with Gasteiger partial charge < -0.3 is 9.72 Å². The minimum Gasteiger partial charge on any atom is -0.464 e. The molecule has 1 heterocycles. The van der Waals surface area contributed by atoms with Crippen LogP contribution in [-0.2, 0) is 4.74 Å². The number of esters is 1. The van der Waals surface area contributed by atoms with Crippen LogP contribution >= 0.6 is 34.8 Å². The molecule has 4 nitrogen and oxygen atoms in total. The van der Waals surface area contributed by atoms with Gasteiger partial charge in [0.05, 0.1) is 22.2 Å². The van der Waals surface area contributed by atoms with E-state index in [2.05, 4.69) is 9.72 Å². The van der Waals surface area contributed by atoms with Gasteiger partial charge >= 0.3 is 5.97 Å². The summed E-state index contributed by atoms with van der Waals surface area (Å²) in [4.78, 5) is 25.8. The van der Waals surface area contributed by atoms with Gasteiger partial charge in [-0.3, -0.25) is 4.79 Å². The summed E-state index contributed by atoms with van der Waals surface area (Å²) in [6, 6.07) is 6.02. The number of pyridine rings is 1. The average molecular weight is 333 g/mol. The SMILES string of the molecule is COC(=O)c1ccc(-c2ccc(Cl)c(Cl)c2Cl)c(=O)[nH]1. The Bertz CT molecular complexity index is 740. The summed E-state index contributed by atoms with van der Waals surface area (Å²) in [5.41, 5.74) is 0.283. The zero-order chi connectivity index (χ0) is 14.9. The number of carbonyl (C=O) groups is 1. The lowest BCUT2D eigenvalue weighted by Gasteiger charge is -2.07. The van der Waals surface area contributed by atoms with Crippen molar-refractivity contribution in [1.29, 1.82) is 0 Å². The number of hydrogen-bond donors (Lipinski definition) is 1. The van der Waals surface area contributed by atoms with Crippen LogP contribution in [0.15, 0.2) is 29.1 Å². The highest BCUT2D eigenvalue weighted by molar-refractivity contribution is 6.49. The number of nitrogens with one attached hydrogen (secondary N) is 1. The van der Waals surface area contributed by atoms with Crippen molar-refractivity contribution < 1.29 is 9.53 Å².